The first kappa shape index (κ1) is 29.1. The van der Waals surface area contributed by atoms with Crippen LogP contribution in [0.4, 0.5) is 8.78 Å². The molecular formula is C25H25Cl2F2N5O5S. The summed E-state index contributed by atoms with van der Waals surface area (Å²) >= 11 is 13.0. The number of amides is 1. The van der Waals surface area contributed by atoms with Crippen molar-refractivity contribution in [1.82, 2.24) is 24.9 Å². The highest BCUT2D eigenvalue weighted by Crippen LogP contribution is 2.41. The van der Waals surface area contributed by atoms with Crippen molar-refractivity contribution in [2.24, 2.45) is 0 Å². The third kappa shape index (κ3) is 5.69. The molecule has 0 spiro atoms. The summed E-state index contributed by atoms with van der Waals surface area (Å²) in [5.74, 6) is -2.16. The van der Waals surface area contributed by atoms with Crippen LogP contribution in [0.1, 0.15) is 29.9 Å². The zero-order chi connectivity index (χ0) is 28.6. The molecule has 0 bridgehead atoms. The number of aliphatic hydroxyl groups excluding tert-OH is 2. The van der Waals surface area contributed by atoms with Crippen molar-refractivity contribution in [1.29, 1.82) is 0 Å². The van der Waals surface area contributed by atoms with Crippen LogP contribution in [0.5, 0.6) is 0 Å². The zero-order valence-electron chi connectivity index (χ0n) is 21.1. The topological polar surface area (TPSA) is 123 Å². The number of hydrogen-bond acceptors (Lipinski definition) is 9. The second-order valence-electron chi connectivity index (χ2n) is 9.23. The standard InChI is InChI=1S/C25H25Cl2F2N5O5S/c1-2-38-23-21(34-10-16(31-32-34)12-6-14(28)19(27)15(29)7-12)22(36)17(11-35)39-25(23)40-18-8-13(26)9-30-20(18)24(37)33-4-3-5-33/h6-10,17,21-23,25,35-36H,2-5,11H2,1H3. The summed E-state index contributed by atoms with van der Waals surface area (Å²) in [6.07, 6.45) is 0.483. The minimum absolute atomic E-state index is 0.0870. The van der Waals surface area contributed by atoms with E-state index in [1.807, 2.05) is 0 Å². The summed E-state index contributed by atoms with van der Waals surface area (Å²) in [5.41, 5.74) is -0.448. The summed E-state index contributed by atoms with van der Waals surface area (Å²) in [5, 5.41) is 29.0. The van der Waals surface area contributed by atoms with Gasteiger partial charge in [0.1, 0.15) is 57.8 Å². The summed E-state index contributed by atoms with van der Waals surface area (Å²) in [7, 11) is 0. The Kier molecular flexibility index (Phi) is 8.90. The van der Waals surface area contributed by atoms with E-state index in [9.17, 15) is 23.8 Å². The molecule has 3 aromatic rings. The number of carbonyl (C=O) groups excluding carboxylic acids is 1. The van der Waals surface area contributed by atoms with Gasteiger partial charge in [-0.25, -0.2) is 18.4 Å². The SMILES string of the molecule is CCOC1C(Sc2cc(Cl)cnc2C(=O)N2CCC2)OC(CO)C(O)C1n1cc(-c2cc(F)c(Cl)c(F)c2)nn1. The van der Waals surface area contributed by atoms with Gasteiger partial charge in [0.25, 0.3) is 5.91 Å². The maximum absolute atomic E-state index is 14.1. The molecule has 0 saturated carbocycles. The predicted molar refractivity (Wildman–Crippen MR) is 142 cm³/mol. The minimum atomic E-state index is -1.30. The molecule has 2 aromatic heterocycles. The largest absolute Gasteiger partial charge is 0.394 e. The van der Waals surface area contributed by atoms with Crippen LogP contribution in [-0.4, -0.2) is 91.0 Å². The maximum atomic E-state index is 14.1. The van der Waals surface area contributed by atoms with E-state index in [4.69, 9.17) is 32.7 Å². The van der Waals surface area contributed by atoms with Crippen LogP contribution in [0.15, 0.2) is 35.5 Å². The van der Waals surface area contributed by atoms with Crippen molar-refractivity contribution in [2.45, 2.75) is 48.0 Å². The highest BCUT2D eigenvalue weighted by molar-refractivity contribution is 8.00. The van der Waals surface area contributed by atoms with E-state index in [0.717, 1.165) is 30.3 Å². The molecule has 1 aromatic carbocycles. The monoisotopic (exact) mass is 615 g/mol. The molecule has 5 rings (SSSR count). The number of carbonyl (C=O) groups is 1. The molecule has 0 aliphatic carbocycles. The zero-order valence-corrected chi connectivity index (χ0v) is 23.4. The van der Waals surface area contributed by atoms with Gasteiger partial charge < -0.3 is 24.6 Å². The molecule has 15 heteroatoms. The molecule has 0 radical (unpaired) electrons. The van der Waals surface area contributed by atoms with Crippen LogP contribution in [0, 0.1) is 11.6 Å². The highest BCUT2D eigenvalue weighted by atomic mass is 35.5. The second kappa shape index (κ2) is 12.2. The first-order valence-electron chi connectivity index (χ1n) is 12.5. The van der Waals surface area contributed by atoms with Crippen LogP contribution >= 0.6 is 35.0 Å². The van der Waals surface area contributed by atoms with E-state index in [0.29, 0.717) is 23.0 Å². The number of aromatic nitrogens is 4. The minimum Gasteiger partial charge on any atom is -0.394 e. The molecule has 2 N–H and O–H groups in total. The van der Waals surface area contributed by atoms with E-state index in [-0.39, 0.29) is 29.5 Å². The van der Waals surface area contributed by atoms with Gasteiger partial charge in [0.2, 0.25) is 0 Å². The van der Waals surface area contributed by atoms with Crippen molar-refractivity contribution >= 4 is 40.9 Å². The number of likely N-dealkylation sites (tertiary alicyclic amines) is 1. The van der Waals surface area contributed by atoms with Gasteiger partial charge in [-0.3, -0.25) is 4.79 Å². The molecule has 40 heavy (non-hydrogen) atoms. The summed E-state index contributed by atoms with van der Waals surface area (Å²) < 4.78 is 41.5. The molecule has 2 saturated heterocycles. The lowest BCUT2D eigenvalue weighted by Gasteiger charge is -2.43. The Hall–Kier alpha value is -2.39. The summed E-state index contributed by atoms with van der Waals surface area (Å²) in [4.78, 5) is 19.4. The normalized spacial score (nSPS) is 24.7. The Labute approximate surface area is 242 Å². The van der Waals surface area contributed by atoms with E-state index in [1.165, 1.54) is 17.1 Å². The Morgan fingerprint density at radius 3 is 2.60 bits per heavy atom. The number of rotatable bonds is 8. The van der Waals surface area contributed by atoms with Crippen molar-refractivity contribution in [3.8, 4) is 11.3 Å². The molecule has 5 unspecified atom stereocenters. The second-order valence-corrected chi connectivity index (χ2v) is 11.2. The number of aliphatic hydroxyl groups is 2. The van der Waals surface area contributed by atoms with Gasteiger partial charge in [-0.1, -0.05) is 40.2 Å². The Morgan fingerprint density at radius 2 is 1.98 bits per heavy atom. The number of ether oxygens (including phenoxy) is 2. The number of benzene rings is 1. The number of halogens is 4. The quantitative estimate of drug-likeness (QED) is 0.366. The molecule has 10 nitrogen and oxygen atoms in total. The van der Waals surface area contributed by atoms with Crippen molar-refractivity contribution < 1.29 is 33.3 Å². The van der Waals surface area contributed by atoms with Gasteiger partial charge in [-0.05, 0) is 31.5 Å². The molecular weight excluding hydrogens is 591 g/mol. The summed E-state index contributed by atoms with van der Waals surface area (Å²) in [6, 6.07) is 2.72. The summed E-state index contributed by atoms with van der Waals surface area (Å²) in [6.45, 7) is 2.71. The fraction of sp³-hybridized carbons (Fsp3) is 0.440. The Balaban J connectivity index is 1.49. The van der Waals surface area contributed by atoms with E-state index >= 15 is 0 Å². The van der Waals surface area contributed by atoms with E-state index in [2.05, 4.69) is 15.3 Å². The molecule has 4 heterocycles. The fourth-order valence-corrected chi connectivity index (χ4v) is 6.15. The van der Waals surface area contributed by atoms with Crippen molar-refractivity contribution in [3.63, 3.8) is 0 Å². The van der Waals surface area contributed by atoms with Gasteiger partial charge in [-0.2, -0.15) is 0 Å². The highest BCUT2D eigenvalue weighted by Gasteiger charge is 2.48. The lowest BCUT2D eigenvalue weighted by molar-refractivity contribution is -0.191. The van der Waals surface area contributed by atoms with Gasteiger partial charge in [0, 0.05) is 36.4 Å². The third-order valence-corrected chi connectivity index (χ3v) is 8.43. The lowest BCUT2D eigenvalue weighted by Crippen LogP contribution is -2.56. The van der Waals surface area contributed by atoms with Crippen LogP contribution in [0.25, 0.3) is 11.3 Å². The first-order chi connectivity index (χ1) is 19.2. The smallest absolute Gasteiger partial charge is 0.273 e. The Bertz CT molecular complexity index is 1370. The average molecular weight is 616 g/mol. The van der Waals surface area contributed by atoms with Gasteiger partial charge >= 0.3 is 0 Å². The predicted octanol–water partition coefficient (Wildman–Crippen LogP) is 3.59. The van der Waals surface area contributed by atoms with Crippen LogP contribution in [0.2, 0.25) is 10.0 Å². The first-order valence-corrected chi connectivity index (χ1v) is 14.1. The van der Waals surface area contributed by atoms with Crippen LogP contribution < -0.4 is 0 Å². The number of pyridine rings is 1. The Morgan fingerprint density at radius 1 is 1.25 bits per heavy atom. The number of hydrogen-bond donors (Lipinski definition) is 2. The average Bonchev–Trinajstić information content (AvgIpc) is 3.37. The maximum Gasteiger partial charge on any atom is 0.273 e. The van der Waals surface area contributed by atoms with Crippen molar-refractivity contribution in [3.05, 3.63) is 58.0 Å². The van der Waals surface area contributed by atoms with Crippen LogP contribution in [0.3, 0.4) is 0 Å². The molecule has 5 atom stereocenters. The van der Waals surface area contributed by atoms with Gasteiger partial charge in [-0.15, -0.1) is 5.10 Å². The van der Waals surface area contributed by atoms with Crippen molar-refractivity contribution in [2.75, 3.05) is 26.3 Å². The lowest BCUT2D eigenvalue weighted by atomic mass is 9.97. The number of nitrogens with zero attached hydrogens (tertiary/aromatic N) is 5. The molecule has 2 fully saturated rings. The molecule has 2 aliphatic rings. The fourth-order valence-electron chi connectivity index (χ4n) is 4.55. The third-order valence-electron chi connectivity index (χ3n) is 6.69. The van der Waals surface area contributed by atoms with E-state index < -0.39 is 53.1 Å². The van der Waals surface area contributed by atoms with E-state index in [1.54, 1.807) is 17.9 Å². The molecule has 214 valence electrons. The molecule has 1 amide bonds. The van der Waals surface area contributed by atoms with Gasteiger partial charge in [0.05, 0.1) is 17.8 Å². The van der Waals surface area contributed by atoms with Gasteiger partial charge in [0.15, 0.2) is 0 Å². The van der Waals surface area contributed by atoms with Crippen LogP contribution in [-0.2, 0) is 9.47 Å². The number of thioether (sulfide) groups is 1. The molecule has 2 aliphatic heterocycles.